The summed E-state index contributed by atoms with van der Waals surface area (Å²) in [6.07, 6.45) is 6.25. The number of rotatable bonds is 7. The Morgan fingerprint density at radius 3 is 2.37 bits per heavy atom. The van der Waals surface area contributed by atoms with Crippen molar-refractivity contribution in [1.82, 2.24) is 10.2 Å². The lowest BCUT2D eigenvalue weighted by Gasteiger charge is -2.28. The molecule has 0 saturated carbocycles. The second kappa shape index (κ2) is 10.7. The average Bonchev–Trinajstić information content (AvgIpc) is 2.77. The van der Waals surface area contributed by atoms with Crippen molar-refractivity contribution < 1.29 is 14.3 Å². The fraction of sp³-hybridized carbons (Fsp3) is 0.375. The van der Waals surface area contributed by atoms with Gasteiger partial charge in [-0.05, 0) is 74.3 Å². The molecule has 1 saturated heterocycles. The summed E-state index contributed by atoms with van der Waals surface area (Å²) < 4.78 is 10.6. The maximum Gasteiger partial charge on any atom is 0.319 e. The smallest absolute Gasteiger partial charge is 0.319 e. The van der Waals surface area contributed by atoms with Crippen LogP contribution in [0.15, 0.2) is 42.5 Å². The number of methoxy groups -OCH3 is 2. The summed E-state index contributed by atoms with van der Waals surface area (Å²) in [5.74, 6) is 2.04. The summed E-state index contributed by atoms with van der Waals surface area (Å²) in [7, 11) is 5.41. The topological polar surface area (TPSA) is 62.8 Å². The SMILES string of the molecule is COc1cc(/C=C/c2cccc(NC(=O)NCC3CCN(C)CC3)c2)cc(OC)c1. The van der Waals surface area contributed by atoms with Gasteiger partial charge in [0.05, 0.1) is 14.2 Å². The van der Waals surface area contributed by atoms with Crippen LogP contribution in [0.1, 0.15) is 24.0 Å². The molecule has 0 spiro atoms. The highest BCUT2D eigenvalue weighted by atomic mass is 16.5. The Labute approximate surface area is 178 Å². The first kappa shape index (κ1) is 21.7. The summed E-state index contributed by atoms with van der Waals surface area (Å²) in [6.45, 7) is 2.92. The summed E-state index contributed by atoms with van der Waals surface area (Å²) in [5.41, 5.74) is 2.73. The number of likely N-dealkylation sites (tertiary alicyclic amines) is 1. The van der Waals surface area contributed by atoms with Crippen molar-refractivity contribution in [2.45, 2.75) is 12.8 Å². The molecule has 0 unspecified atom stereocenters. The van der Waals surface area contributed by atoms with Gasteiger partial charge in [0.15, 0.2) is 0 Å². The third kappa shape index (κ3) is 6.52. The third-order valence-corrected chi connectivity index (χ3v) is 5.38. The minimum absolute atomic E-state index is 0.160. The summed E-state index contributed by atoms with van der Waals surface area (Å²) >= 11 is 0. The lowest BCUT2D eigenvalue weighted by Crippen LogP contribution is -2.38. The Kier molecular flexibility index (Phi) is 7.74. The van der Waals surface area contributed by atoms with E-state index in [2.05, 4.69) is 22.6 Å². The van der Waals surface area contributed by atoms with E-state index in [9.17, 15) is 4.79 Å². The normalized spacial score (nSPS) is 15.2. The number of carbonyl (C=O) groups is 1. The first-order chi connectivity index (χ1) is 14.6. The minimum atomic E-state index is -0.160. The van der Waals surface area contributed by atoms with E-state index < -0.39 is 0 Å². The quantitative estimate of drug-likeness (QED) is 0.668. The zero-order valence-corrected chi connectivity index (χ0v) is 18.0. The van der Waals surface area contributed by atoms with Gasteiger partial charge in [0.2, 0.25) is 0 Å². The van der Waals surface area contributed by atoms with Crippen molar-refractivity contribution >= 4 is 23.9 Å². The van der Waals surface area contributed by atoms with Crippen LogP contribution in [0.4, 0.5) is 10.5 Å². The van der Waals surface area contributed by atoms with Gasteiger partial charge in [0.1, 0.15) is 11.5 Å². The Bertz CT molecular complexity index is 851. The van der Waals surface area contributed by atoms with Gasteiger partial charge in [-0.25, -0.2) is 4.79 Å². The van der Waals surface area contributed by atoms with Gasteiger partial charge in [-0.3, -0.25) is 0 Å². The second-order valence-corrected chi connectivity index (χ2v) is 7.69. The highest BCUT2D eigenvalue weighted by Gasteiger charge is 2.17. The largest absolute Gasteiger partial charge is 0.497 e. The van der Waals surface area contributed by atoms with Crippen molar-refractivity contribution in [2.24, 2.45) is 5.92 Å². The monoisotopic (exact) mass is 409 g/mol. The minimum Gasteiger partial charge on any atom is -0.497 e. The van der Waals surface area contributed by atoms with Crippen molar-refractivity contribution in [3.63, 3.8) is 0 Å². The molecule has 2 amide bonds. The lowest BCUT2D eigenvalue weighted by atomic mass is 9.97. The molecule has 160 valence electrons. The number of hydrogen-bond donors (Lipinski definition) is 2. The van der Waals surface area contributed by atoms with E-state index in [0.29, 0.717) is 5.92 Å². The highest BCUT2D eigenvalue weighted by Crippen LogP contribution is 2.24. The predicted molar refractivity (Wildman–Crippen MR) is 122 cm³/mol. The number of piperidine rings is 1. The van der Waals surface area contributed by atoms with E-state index in [-0.39, 0.29) is 6.03 Å². The number of hydrogen-bond acceptors (Lipinski definition) is 4. The van der Waals surface area contributed by atoms with Gasteiger partial charge < -0.3 is 25.0 Å². The molecule has 0 aliphatic carbocycles. The Hall–Kier alpha value is -2.99. The molecular formula is C24H31N3O3. The summed E-state index contributed by atoms with van der Waals surface area (Å²) in [6, 6.07) is 13.3. The number of anilines is 1. The average molecular weight is 410 g/mol. The van der Waals surface area contributed by atoms with Crippen LogP contribution in [0.3, 0.4) is 0 Å². The van der Waals surface area contributed by atoms with Gasteiger partial charge >= 0.3 is 6.03 Å². The molecule has 0 radical (unpaired) electrons. The number of carbonyl (C=O) groups excluding carboxylic acids is 1. The van der Waals surface area contributed by atoms with Gasteiger partial charge in [-0.1, -0.05) is 24.3 Å². The molecule has 3 rings (SSSR count). The molecule has 1 heterocycles. The number of urea groups is 1. The van der Waals surface area contributed by atoms with Crippen LogP contribution in [-0.2, 0) is 0 Å². The molecule has 1 aliphatic rings. The molecule has 1 aliphatic heterocycles. The first-order valence-electron chi connectivity index (χ1n) is 10.3. The van der Waals surface area contributed by atoms with Crippen LogP contribution in [0.2, 0.25) is 0 Å². The maximum atomic E-state index is 12.3. The molecule has 2 N–H and O–H groups in total. The highest BCUT2D eigenvalue weighted by molar-refractivity contribution is 5.89. The van der Waals surface area contributed by atoms with Crippen LogP contribution in [0.25, 0.3) is 12.2 Å². The van der Waals surface area contributed by atoms with Gasteiger partial charge in [0, 0.05) is 18.3 Å². The number of nitrogens with zero attached hydrogens (tertiary/aromatic N) is 1. The summed E-state index contributed by atoms with van der Waals surface area (Å²) in [4.78, 5) is 14.6. The van der Waals surface area contributed by atoms with Crippen molar-refractivity contribution in [1.29, 1.82) is 0 Å². The van der Waals surface area contributed by atoms with E-state index in [0.717, 1.165) is 60.8 Å². The van der Waals surface area contributed by atoms with Crippen molar-refractivity contribution in [3.8, 4) is 11.5 Å². The first-order valence-corrected chi connectivity index (χ1v) is 10.3. The zero-order chi connectivity index (χ0) is 21.3. The van der Waals surface area contributed by atoms with E-state index in [1.54, 1.807) is 14.2 Å². The van der Waals surface area contributed by atoms with Gasteiger partial charge in [-0.15, -0.1) is 0 Å². The van der Waals surface area contributed by atoms with E-state index in [1.165, 1.54) is 0 Å². The van der Waals surface area contributed by atoms with Crippen LogP contribution >= 0.6 is 0 Å². The van der Waals surface area contributed by atoms with Crippen molar-refractivity contribution in [2.75, 3.05) is 46.2 Å². The molecule has 2 aromatic carbocycles. The maximum absolute atomic E-state index is 12.3. The lowest BCUT2D eigenvalue weighted by molar-refractivity contribution is 0.213. The number of benzene rings is 2. The molecule has 0 aromatic heterocycles. The standard InChI is InChI=1S/C24H31N3O3/c1-27-11-9-19(10-12-27)17-25-24(28)26-21-6-4-5-18(13-21)7-8-20-14-22(29-2)16-23(15-20)30-3/h4-8,13-16,19H,9-12,17H2,1-3H3,(H2,25,26,28)/b8-7+. The van der Waals surface area contributed by atoms with Crippen LogP contribution in [-0.4, -0.2) is 51.8 Å². The number of ether oxygens (including phenoxy) is 2. The predicted octanol–water partition coefficient (Wildman–Crippen LogP) is 4.34. The second-order valence-electron chi connectivity index (χ2n) is 7.69. The summed E-state index contributed by atoms with van der Waals surface area (Å²) in [5, 5.41) is 5.93. The molecule has 0 atom stereocenters. The fourth-order valence-corrected chi connectivity index (χ4v) is 3.52. The van der Waals surface area contributed by atoms with Gasteiger partial charge in [-0.2, -0.15) is 0 Å². The Morgan fingerprint density at radius 1 is 1.03 bits per heavy atom. The molecule has 0 bridgehead atoms. The van der Waals surface area contributed by atoms with E-state index in [4.69, 9.17) is 9.47 Å². The Balaban J connectivity index is 1.56. The van der Waals surface area contributed by atoms with Gasteiger partial charge in [0.25, 0.3) is 0 Å². The number of amides is 2. The van der Waals surface area contributed by atoms with Crippen LogP contribution in [0.5, 0.6) is 11.5 Å². The van der Waals surface area contributed by atoms with Crippen LogP contribution < -0.4 is 20.1 Å². The molecule has 2 aromatic rings. The van der Waals surface area contributed by atoms with E-state index >= 15 is 0 Å². The molecule has 6 nitrogen and oxygen atoms in total. The molecule has 6 heteroatoms. The fourth-order valence-electron chi connectivity index (χ4n) is 3.52. The van der Waals surface area contributed by atoms with Crippen LogP contribution in [0, 0.1) is 5.92 Å². The molecule has 30 heavy (non-hydrogen) atoms. The third-order valence-electron chi connectivity index (χ3n) is 5.38. The van der Waals surface area contributed by atoms with E-state index in [1.807, 2.05) is 54.6 Å². The molecular weight excluding hydrogens is 378 g/mol. The van der Waals surface area contributed by atoms with Crippen molar-refractivity contribution in [3.05, 3.63) is 53.6 Å². The number of nitrogens with one attached hydrogen (secondary N) is 2. The Morgan fingerprint density at radius 2 is 1.70 bits per heavy atom. The zero-order valence-electron chi connectivity index (χ0n) is 18.0. The molecule has 1 fully saturated rings.